The topological polar surface area (TPSA) is 15.3 Å². The minimum absolute atomic E-state index is 0.884. The Morgan fingerprint density at radius 2 is 1.15 bits per heavy atom. The van der Waals surface area contributed by atoms with Gasteiger partial charge in [0.25, 0.3) is 0 Å². The van der Waals surface area contributed by atoms with Crippen LogP contribution in [0.15, 0.2) is 0 Å². The molecule has 1 aliphatic heterocycles. The first kappa shape index (κ1) is 16.3. The van der Waals surface area contributed by atoms with Gasteiger partial charge in [0.15, 0.2) is 0 Å². The maximum absolute atomic E-state index is 3.63. The van der Waals surface area contributed by atoms with Crippen LogP contribution in [0.5, 0.6) is 0 Å². The van der Waals surface area contributed by atoms with Crippen molar-refractivity contribution in [2.24, 2.45) is 0 Å². The number of hydrogen-bond acceptors (Lipinski definition) is 2. The molecule has 0 unspecified atom stereocenters. The molecular weight excluding hydrogens is 244 g/mol. The molecule has 2 rings (SSSR count). The fourth-order valence-corrected chi connectivity index (χ4v) is 3.90. The lowest BCUT2D eigenvalue weighted by Crippen LogP contribution is -2.41. The second kappa shape index (κ2) is 10.6. The maximum atomic E-state index is 3.63. The molecule has 1 saturated carbocycles. The van der Waals surface area contributed by atoms with E-state index >= 15 is 0 Å². The first-order valence-corrected chi connectivity index (χ1v) is 9.41. The first-order valence-electron chi connectivity index (χ1n) is 9.41. The van der Waals surface area contributed by atoms with Gasteiger partial charge in [-0.05, 0) is 38.8 Å². The van der Waals surface area contributed by atoms with E-state index < -0.39 is 0 Å². The molecule has 2 heteroatoms. The molecule has 0 aromatic rings. The summed E-state index contributed by atoms with van der Waals surface area (Å²) in [5.74, 6) is 0. The van der Waals surface area contributed by atoms with Gasteiger partial charge in [-0.25, -0.2) is 0 Å². The summed E-state index contributed by atoms with van der Waals surface area (Å²) in [6.45, 7) is 5.08. The molecule has 20 heavy (non-hydrogen) atoms. The average molecular weight is 280 g/mol. The zero-order chi connectivity index (χ0) is 13.9. The molecule has 0 bridgehead atoms. The van der Waals surface area contributed by atoms with Crippen LogP contribution in [0.2, 0.25) is 0 Å². The minimum atomic E-state index is 0.884. The second-order valence-corrected chi connectivity index (χ2v) is 6.91. The molecule has 2 fully saturated rings. The molecule has 0 atom stereocenters. The third-order valence-electron chi connectivity index (χ3n) is 5.22. The molecule has 0 spiro atoms. The third kappa shape index (κ3) is 6.58. The van der Waals surface area contributed by atoms with Crippen molar-refractivity contribution < 1.29 is 0 Å². The highest BCUT2D eigenvalue weighted by Gasteiger charge is 2.18. The Labute approximate surface area is 126 Å². The van der Waals surface area contributed by atoms with Crippen LogP contribution in [0, 0.1) is 0 Å². The zero-order valence-electron chi connectivity index (χ0n) is 13.5. The van der Waals surface area contributed by atoms with Gasteiger partial charge in [-0.2, -0.15) is 0 Å². The van der Waals surface area contributed by atoms with E-state index in [2.05, 4.69) is 10.2 Å². The Morgan fingerprint density at radius 3 is 1.90 bits per heavy atom. The van der Waals surface area contributed by atoms with Crippen LogP contribution in [-0.2, 0) is 0 Å². The second-order valence-electron chi connectivity index (χ2n) is 6.91. The van der Waals surface area contributed by atoms with E-state index in [0.29, 0.717) is 0 Å². The zero-order valence-corrected chi connectivity index (χ0v) is 13.5. The average Bonchev–Trinajstić information content (AvgIpc) is 2.50. The molecule has 2 aliphatic rings. The Bertz CT molecular complexity index is 185. The maximum Gasteiger partial charge on any atom is 0.0110 e. The van der Waals surface area contributed by atoms with E-state index in [0.717, 1.165) is 6.04 Å². The largest absolute Gasteiger partial charge is 0.315 e. The van der Waals surface area contributed by atoms with Crippen LogP contribution in [0.3, 0.4) is 0 Å². The molecule has 1 saturated heterocycles. The quantitative estimate of drug-likeness (QED) is 0.768. The van der Waals surface area contributed by atoms with Crippen molar-refractivity contribution in [3.8, 4) is 0 Å². The number of nitrogens with one attached hydrogen (secondary N) is 1. The predicted octanol–water partition coefficient (Wildman–Crippen LogP) is 4.35. The van der Waals surface area contributed by atoms with Gasteiger partial charge >= 0.3 is 0 Å². The summed E-state index contributed by atoms with van der Waals surface area (Å²) in [6.07, 6.45) is 18.9. The molecule has 2 nitrogen and oxygen atoms in total. The van der Waals surface area contributed by atoms with Crippen molar-refractivity contribution >= 4 is 0 Å². The van der Waals surface area contributed by atoms with E-state index in [9.17, 15) is 0 Å². The molecule has 1 aliphatic carbocycles. The molecule has 1 N–H and O–H groups in total. The Balaban J connectivity index is 1.81. The minimum Gasteiger partial charge on any atom is -0.315 e. The first-order chi connectivity index (χ1) is 9.97. The monoisotopic (exact) mass is 280 g/mol. The highest BCUT2D eigenvalue weighted by atomic mass is 15.2. The Hall–Kier alpha value is -0.0800. The number of hydrogen-bond donors (Lipinski definition) is 1. The van der Waals surface area contributed by atoms with Crippen molar-refractivity contribution in [2.45, 2.75) is 89.5 Å². The summed E-state index contributed by atoms with van der Waals surface area (Å²) in [4.78, 5) is 2.83. The van der Waals surface area contributed by atoms with Crippen molar-refractivity contribution in [1.82, 2.24) is 10.2 Å². The van der Waals surface area contributed by atoms with Crippen LogP contribution >= 0.6 is 0 Å². The van der Waals surface area contributed by atoms with Crippen molar-refractivity contribution in [1.29, 1.82) is 0 Å². The predicted molar refractivity (Wildman–Crippen MR) is 88.3 cm³/mol. The molecule has 118 valence electrons. The van der Waals surface area contributed by atoms with Gasteiger partial charge in [0.1, 0.15) is 0 Å². The fraction of sp³-hybridized carbons (Fsp3) is 1.00. The van der Waals surface area contributed by atoms with E-state index in [1.807, 2.05) is 0 Å². The summed E-state index contributed by atoms with van der Waals surface area (Å²) >= 11 is 0. The lowest BCUT2D eigenvalue weighted by Gasteiger charge is -2.33. The molecule has 0 radical (unpaired) electrons. The summed E-state index contributed by atoms with van der Waals surface area (Å²) in [5, 5.41) is 3.63. The Morgan fingerprint density at radius 1 is 0.550 bits per heavy atom. The molecule has 0 aromatic carbocycles. The Kier molecular flexibility index (Phi) is 8.65. The van der Waals surface area contributed by atoms with Gasteiger partial charge in [-0.1, -0.05) is 57.8 Å². The van der Waals surface area contributed by atoms with Gasteiger partial charge in [0, 0.05) is 19.1 Å². The smallest absolute Gasteiger partial charge is 0.0110 e. The van der Waals surface area contributed by atoms with Crippen LogP contribution in [-0.4, -0.2) is 37.1 Å². The van der Waals surface area contributed by atoms with Crippen LogP contribution < -0.4 is 5.32 Å². The highest BCUT2D eigenvalue weighted by Crippen LogP contribution is 2.21. The SMILES string of the molecule is C1CCCCC(N2CCCCCCNCC2)CCCC1. The summed E-state index contributed by atoms with van der Waals surface area (Å²) in [5.41, 5.74) is 0. The molecule has 0 aromatic heterocycles. The lowest BCUT2D eigenvalue weighted by molar-refractivity contribution is 0.163. The summed E-state index contributed by atoms with van der Waals surface area (Å²) in [6, 6.07) is 0.884. The van der Waals surface area contributed by atoms with Gasteiger partial charge in [-0.3, -0.25) is 4.90 Å². The highest BCUT2D eigenvalue weighted by molar-refractivity contribution is 4.75. The summed E-state index contributed by atoms with van der Waals surface area (Å²) < 4.78 is 0. The van der Waals surface area contributed by atoms with Crippen LogP contribution in [0.4, 0.5) is 0 Å². The van der Waals surface area contributed by atoms with Gasteiger partial charge in [0.2, 0.25) is 0 Å². The van der Waals surface area contributed by atoms with Gasteiger partial charge in [-0.15, -0.1) is 0 Å². The molecule has 1 heterocycles. The van der Waals surface area contributed by atoms with Crippen molar-refractivity contribution in [3.05, 3.63) is 0 Å². The third-order valence-corrected chi connectivity index (χ3v) is 5.22. The summed E-state index contributed by atoms with van der Waals surface area (Å²) in [7, 11) is 0. The van der Waals surface area contributed by atoms with E-state index in [1.54, 1.807) is 0 Å². The van der Waals surface area contributed by atoms with E-state index in [4.69, 9.17) is 0 Å². The normalized spacial score (nSPS) is 27.0. The van der Waals surface area contributed by atoms with Gasteiger partial charge < -0.3 is 5.32 Å². The fourth-order valence-electron chi connectivity index (χ4n) is 3.90. The van der Waals surface area contributed by atoms with Crippen molar-refractivity contribution in [2.75, 3.05) is 26.2 Å². The number of nitrogens with zero attached hydrogens (tertiary/aromatic N) is 1. The lowest BCUT2D eigenvalue weighted by atomic mass is 9.96. The van der Waals surface area contributed by atoms with Crippen molar-refractivity contribution in [3.63, 3.8) is 0 Å². The van der Waals surface area contributed by atoms with Crippen LogP contribution in [0.1, 0.15) is 83.5 Å². The van der Waals surface area contributed by atoms with E-state index in [-0.39, 0.29) is 0 Å². The number of rotatable bonds is 1. The van der Waals surface area contributed by atoms with Gasteiger partial charge in [0.05, 0.1) is 0 Å². The standard InChI is InChI=1S/C18H36N2/c1-2-4-8-12-18(13-9-5-3-1)20-16-11-7-6-10-14-19-15-17-20/h18-19H,1-17H2. The van der Waals surface area contributed by atoms with E-state index in [1.165, 1.54) is 110 Å². The molecular formula is C18H36N2. The molecule has 0 amide bonds. The van der Waals surface area contributed by atoms with Crippen LogP contribution in [0.25, 0.3) is 0 Å².